The monoisotopic (exact) mass is 282 g/mol. The SMILES string of the molecule is CC(Sc1ccccc1)C(=O)Nc1cccc(C#N)c1. The van der Waals surface area contributed by atoms with Crippen molar-refractivity contribution in [1.82, 2.24) is 0 Å². The van der Waals surface area contributed by atoms with Crippen molar-refractivity contribution in [2.24, 2.45) is 0 Å². The van der Waals surface area contributed by atoms with Crippen molar-refractivity contribution in [2.75, 3.05) is 5.32 Å². The fraction of sp³-hybridized carbons (Fsp3) is 0.125. The average Bonchev–Trinajstić information content (AvgIpc) is 2.48. The van der Waals surface area contributed by atoms with E-state index in [-0.39, 0.29) is 11.2 Å². The van der Waals surface area contributed by atoms with Gasteiger partial charge in [0, 0.05) is 10.6 Å². The molecule has 0 aliphatic heterocycles. The van der Waals surface area contributed by atoms with Crippen LogP contribution >= 0.6 is 11.8 Å². The number of carbonyl (C=O) groups is 1. The Labute approximate surface area is 122 Å². The Morgan fingerprint density at radius 2 is 1.95 bits per heavy atom. The van der Waals surface area contributed by atoms with Gasteiger partial charge in [0.2, 0.25) is 5.91 Å². The van der Waals surface area contributed by atoms with E-state index in [9.17, 15) is 4.79 Å². The van der Waals surface area contributed by atoms with Crippen molar-refractivity contribution in [3.63, 3.8) is 0 Å². The predicted octanol–water partition coefficient (Wildman–Crippen LogP) is 3.68. The highest BCUT2D eigenvalue weighted by molar-refractivity contribution is 8.00. The Balaban J connectivity index is 1.99. The molecule has 20 heavy (non-hydrogen) atoms. The van der Waals surface area contributed by atoms with Crippen LogP contribution in [0, 0.1) is 11.3 Å². The Morgan fingerprint density at radius 3 is 2.65 bits per heavy atom. The van der Waals surface area contributed by atoms with E-state index in [2.05, 4.69) is 11.4 Å². The van der Waals surface area contributed by atoms with Crippen LogP contribution in [-0.2, 0) is 4.79 Å². The standard InChI is InChI=1S/C16H14N2OS/c1-12(20-15-8-3-2-4-9-15)16(19)18-14-7-5-6-13(10-14)11-17/h2-10,12H,1H3,(H,18,19). The molecule has 0 aromatic heterocycles. The lowest BCUT2D eigenvalue weighted by Gasteiger charge is -2.12. The second kappa shape index (κ2) is 6.78. The van der Waals surface area contributed by atoms with Crippen LogP contribution in [0.25, 0.3) is 0 Å². The van der Waals surface area contributed by atoms with Gasteiger partial charge in [0.15, 0.2) is 0 Å². The molecule has 0 heterocycles. The maximum Gasteiger partial charge on any atom is 0.237 e. The molecule has 100 valence electrons. The minimum Gasteiger partial charge on any atom is -0.325 e. The van der Waals surface area contributed by atoms with Crippen molar-refractivity contribution in [3.05, 3.63) is 60.2 Å². The van der Waals surface area contributed by atoms with Gasteiger partial charge >= 0.3 is 0 Å². The number of anilines is 1. The van der Waals surface area contributed by atoms with E-state index in [1.54, 1.807) is 24.3 Å². The molecule has 2 aromatic carbocycles. The predicted molar refractivity (Wildman–Crippen MR) is 81.5 cm³/mol. The summed E-state index contributed by atoms with van der Waals surface area (Å²) >= 11 is 1.50. The van der Waals surface area contributed by atoms with Gasteiger partial charge in [0.05, 0.1) is 16.9 Å². The molecule has 3 nitrogen and oxygen atoms in total. The number of hydrogen-bond acceptors (Lipinski definition) is 3. The third-order valence-corrected chi connectivity index (χ3v) is 3.80. The van der Waals surface area contributed by atoms with Crippen LogP contribution in [0.15, 0.2) is 59.5 Å². The third-order valence-electron chi connectivity index (χ3n) is 2.68. The first kappa shape index (κ1) is 14.2. The van der Waals surface area contributed by atoms with E-state index in [1.807, 2.05) is 37.3 Å². The number of amides is 1. The van der Waals surface area contributed by atoms with Gasteiger partial charge in [-0.25, -0.2) is 0 Å². The molecule has 0 aliphatic rings. The van der Waals surface area contributed by atoms with Crippen LogP contribution in [0.2, 0.25) is 0 Å². The lowest BCUT2D eigenvalue weighted by atomic mass is 10.2. The van der Waals surface area contributed by atoms with Gasteiger partial charge < -0.3 is 5.32 Å². The van der Waals surface area contributed by atoms with Crippen LogP contribution in [0.1, 0.15) is 12.5 Å². The Kier molecular flexibility index (Phi) is 4.80. The molecule has 1 N–H and O–H groups in total. The van der Waals surface area contributed by atoms with Crippen LogP contribution < -0.4 is 5.32 Å². The van der Waals surface area contributed by atoms with Crippen molar-refractivity contribution >= 4 is 23.4 Å². The molecule has 0 saturated carbocycles. The highest BCUT2D eigenvalue weighted by Crippen LogP contribution is 2.23. The van der Waals surface area contributed by atoms with Crippen molar-refractivity contribution in [3.8, 4) is 6.07 Å². The summed E-state index contributed by atoms with van der Waals surface area (Å²) < 4.78 is 0. The Hall–Kier alpha value is -2.25. The highest BCUT2D eigenvalue weighted by atomic mass is 32.2. The van der Waals surface area contributed by atoms with Gasteiger partial charge in [-0.2, -0.15) is 5.26 Å². The van der Waals surface area contributed by atoms with Crippen LogP contribution in [0.5, 0.6) is 0 Å². The number of nitrogens with one attached hydrogen (secondary N) is 1. The van der Waals surface area contributed by atoms with Gasteiger partial charge in [0.25, 0.3) is 0 Å². The molecule has 0 spiro atoms. The number of nitriles is 1. The number of thioether (sulfide) groups is 1. The van der Waals surface area contributed by atoms with Gasteiger partial charge in [-0.15, -0.1) is 11.8 Å². The molecule has 0 aliphatic carbocycles. The molecule has 2 rings (SSSR count). The van der Waals surface area contributed by atoms with Crippen LogP contribution in [-0.4, -0.2) is 11.2 Å². The van der Waals surface area contributed by atoms with Gasteiger partial charge in [-0.1, -0.05) is 24.3 Å². The summed E-state index contributed by atoms with van der Waals surface area (Å²) in [5.41, 5.74) is 1.18. The summed E-state index contributed by atoms with van der Waals surface area (Å²) in [6, 6.07) is 18.7. The average molecular weight is 282 g/mol. The molecule has 0 radical (unpaired) electrons. The molecular formula is C16H14N2OS. The fourth-order valence-electron chi connectivity index (χ4n) is 1.67. The van der Waals surface area contributed by atoms with Crippen LogP contribution in [0.4, 0.5) is 5.69 Å². The normalized spacial score (nSPS) is 11.4. The quantitative estimate of drug-likeness (QED) is 0.870. The summed E-state index contributed by atoms with van der Waals surface area (Å²) in [7, 11) is 0. The molecule has 1 unspecified atom stereocenters. The lowest BCUT2D eigenvalue weighted by Crippen LogP contribution is -2.22. The van der Waals surface area contributed by atoms with Gasteiger partial charge in [-0.05, 0) is 37.3 Å². The molecule has 0 fully saturated rings. The van der Waals surface area contributed by atoms with Crippen molar-refractivity contribution in [1.29, 1.82) is 5.26 Å². The van der Waals surface area contributed by atoms with Gasteiger partial charge in [0.1, 0.15) is 0 Å². The highest BCUT2D eigenvalue weighted by Gasteiger charge is 2.14. The lowest BCUT2D eigenvalue weighted by molar-refractivity contribution is -0.115. The van der Waals surface area contributed by atoms with E-state index in [0.717, 1.165) is 4.90 Å². The molecule has 0 bridgehead atoms. The molecule has 4 heteroatoms. The van der Waals surface area contributed by atoms with E-state index in [0.29, 0.717) is 11.3 Å². The topological polar surface area (TPSA) is 52.9 Å². The van der Waals surface area contributed by atoms with Gasteiger partial charge in [-0.3, -0.25) is 4.79 Å². The van der Waals surface area contributed by atoms with E-state index in [4.69, 9.17) is 5.26 Å². The number of nitrogens with zero attached hydrogens (tertiary/aromatic N) is 1. The maximum atomic E-state index is 12.1. The summed E-state index contributed by atoms with van der Waals surface area (Å²) in [5, 5.41) is 11.5. The molecule has 1 amide bonds. The Bertz CT molecular complexity index is 634. The zero-order valence-electron chi connectivity index (χ0n) is 11.0. The zero-order valence-corrected chi connectivity index (χ0v) is 11.9. The number of rotatable bonds is 4. The first-order valence-corrected chi connectivity index (χ1v) is 7.10. The first-order chi connectivity index (χ1) is 9.69. The first-order valence-electron chi connectivity index (χ1n) is 6.22. The molecular weight excluding hydrogens is 268 g/mol. The second-order valence-electron chi connectivity index (χ2n) is 4.25. The number of benzene rings is 2. The summed E-state index contributed by atoms with van der Waals surface area (Å²) in [4.78, 5) is 13.2. The summed E-state index contributed by atoms with van der Waals surface area (Å²) in [6.45, 7) is 1.86. The number of carbonyl (C=O) groups excluding carboxylic acids is 1. The molecule has 0 saturated heterocycles. The summed E-state index contributed by atoms with van der Waals surface area (Å²) in [5.74, 6) is -0.0751. The van der Waals surface area contributed by atoms with Crippen molar-refractivity contribution in [2.45, 2.75) is 17.1 Å². The number of hydrogen-bond donors (Lipinski definition) is 1. The maximum absolute atomic E-state index is 12.1. The third kappa shape index (κ3) is 3.87. The van der Waals surface area contributed by atoms with E-state index >= 15 is 0 Å². The minimum atomic E-state index is -0.205. The van der Waals surface area contributed by atoms with E-state index in [1.165, 1.54) is 11.8 Å². The zero-order chi connectivity index (χ0) is 14.4. The van der Waals surface area contributed by atoms with Crippen molar-refractivity contribution < 1.29 is 4.79 Å². The molecule has 1 atom stereocenters. The Morgan fingerprint density at radius 1 is 1.20 bits per heavy atom. The fourth-order valence-corrected chi connectivity index (χ4v) is 2.56. The van der Waals surface area contributed by atoms with E-state index < -0.39 is 0 Å². The second-order valence-corrected chi connectivity index (χ2v) is 5.67. The smallest absolute Gasteiger partial charge is 0.237 e. The minimum absolute atomic E-state index is 0.0751. The van der Waals surface area contributed by atoms with Crippen LogP contribution in [0.3, 0.4) is 0 Å². The molecule has 2 aromatic rings. The summed E-state index contributed by atoms with van der Waals surface area (Å²) in [6.07, 6.45) is 0. The largest absolute Gasteiger partial charge is 0.325 e.